The number of amides is 2. The lowest BCUT2D eigenvalue weighted by Crippen LogP contribution is -2.41. The smallest absolute Gasteiger partial charge is 0.342 e. The number of fused-ring (bicyclic) bond motifs is 1. The molecule has 2 aliphatic rings. The maximum absolute atomic E-state index is 12.8. The molecule has 0 radical (unpaired) electrons. The zero-order valence-corrected chi connectivity index (χ0v) is 16.2. The summed E-state index contributed by atoms with van der Waals surface area (Å²) in [7, 11) is 0. The summed E-state index contributed by atoms with van der Waals surface area (Å²) < 4.78 is 5.46. The molecule has 2 amide bonds. The molecule has 1 aromatic heterocycles. The van der Waals surface area contributed by atoms with E-state index >= 15 is 0 Å². The second kappa shape index (κ2) is 8.20. The lowest BCUT2D eigenvalue weighted by molar-refractivity contribution is -0.129. The molecule has 26 heavy (non-hydrogen) atoms. The first-order chi connectivity index (χ1) is 12.5. The van der Waals surface area contributed by atoms with Gasteiger partial charge >= 0.3 is 5.97 Å². The van der Waals surface area contributed by atoms with E-state index in [1.54, 1.807) is 6.92 Å². The molecule has 2 N–H and O–H groups in total. The number of aryl methyl sites for hydroxylation is 1. The van der Waals surface area contributed by atoms with Gasteiger partial charge in [-0.25, -0.2) is 4.79 Å². The van der Waals surface area contributed by atoms with Crippen LogP contribution in [0.1, 0.15) is 73.2 Å². The quantitative estimate of drug-likeness (QED) is 0.771. The van der Waals surface area contributed by atoms with Gasteiger partial charge in [-0.2, -0.15) is 0 Å². The number of carbonyl (C=O) groups excluding carboxylic acids is 3. The Bertz CT molecular complexity index is 707. The monoisotopic (exact) mass is 378 g/mol. The number of ether oxygens (including phenoxy) is 1. The van der Waals surface area contributed by atoms with Crippen LogP contribution in [-0.2, 0) is 27.2 Å². The molecule has 0 unspecified atom stereocenters. The Morgan fingerprint density at radius 2 is 1.81 bits per heavy atom. The normalized spacial score (nSPS) is 18.1. The summed E-state index contributed by atoms with van der Waals surface area (Å²) in [6, 6.07) is 0.187. The minimum absolute atomic E-state index is 0.187. The SMILES string of the molecule is CC(=O)Nc1sc2c(c1C(=O)O[C@H](C)C(=O)NC1CCCC1)CCCC2. The minimum Gasteiger partial charge on any atom is -0.449 e. The van der Waals surface area contributed by atoms with Crippen molar-refractivity contribution in [3.8, 4) is 0 Å². The van der Waals surface area contributed by atoms with E-state index in [2.05, 4.69) is 10.6 Å². The summed E-state index contributed by atoms with van der Waals surface area (Å²) in [5.41, 5.74) is 1.40. The Hall–Kier alpha value is -1.89. The average Bonchev–Trinajstić information content (AvgIpc) is 3.20. The fraction of sp³-hybridized carbons (Fsp3) is 0.632. The molecule has 1 atom stereocenters. The van der Waals surface area contributed by atoms with Gasteiger partial charge in [0.15, 0.2) is 6.10 Å². The zero-order chi connectivity index (χ0) is 18.7. The van der Waals surface area contributed by atoms with Crippen LogP contribution in [0.5, 0.6) is 0 Å². The van der Waals surface area contributed by atoms with Gasteiger partial charge in [-0.15, -0.1) is 11.3 Å². The molecule has 1 saturated carbocycles. The van der Waals surface area contributed by atoms with Gasteiger partial charge in [-0.1, -0.05) is 12.8 Å². The molecule has 0 bridgehead atoms. The van der Waals surface area contributed by atoms with E-state index in [0.717, 1.165) is 61.8 Å². The molecule has 2 aliphatic carbocycles. The fourth-order valence-corrected chi connectivity index (χ4v) is 5.01. The number of anilines is 1. The molecule has 142 valence electrons. The molecule has 0 aliphatic heterocycles. The lowest BCUT2D eigenvalue weighted by atomic mass is 9.95. The Morgan fingerprint density at radius 1 is 1.12 bits per heavy atom. The number of carbonyl (C=O) groups is 3. The highest BCUT2D eigenvalue weighted by Crippen LogP contribution is 2.38. The van der Waals surface area contributed by atoms with Crippen molar-refractivity contribution < 1.29 is 19.1 Å². The number of hydrogen-bond acceptors (Lipinski definition) is 5. The maximum Gasteiger partial charge on any atom is 0.342 e. The molecule has 1 heterocycles. The molecule has 7 heteroatoms. The maximum atomic E-state index is 12.8. The van der Waals surface area contributed by atoms with Crippen molar-refractivity contribution in [1.82, 2.24) is 5.32 Å². The van der Waals surface area contributed by atoms with Crippen LogP contribution in [0, 0.1) is 0 Å². The van der Waals surface area contributed by atoms with E-state index in [0.29, 0.717) is 10.6 Å². The van der Waals surface area contributed by atoms with Gasteiger partial charge in [0.25, 0.3) is 5.91 Å². The highest BCUT2D eigenvalue weighted by atomic mass is 32.1. The highest BCUT2D eigenvalue weighted by Gasteiger charge is 2.30. The van der Waals surface area contributed by atoms with Crippen LogP contribution < -0.4 is 10.6 Å². The van der Waals surface area contributed by atoms with E-state index in [4.69, 9.17) is 4.74 Å². The van der Waals surface area contributed by atoms with Crippen LogP contribution >= 0.6 is 11.3 Å². The molecule has 3 rings (SSSR count). The summed E-state index contributed by atoms with van der Waals surface area (Å²) in [6.45, 7) is 3.02. The van der Waals surface area contributed by atoms with Crippen molar-refractivity contribution in [3.05, 3.63) is 16.0 Å². The van der Waals surface area contributed by atoms with E-state index in [-0.39, 0.29) is 17.9 Å². The summed E-state index contributed by atoms with van der Waals surface area (Å²) in [4.78, 5) is 37.7. The summed E-state index contributed by atoms with van der Waals surface area (Å²) in [6.07, 6.45) is 7.18. The average molecular weight is 378 g/mol. The second-order valence-corrected chi connectivity index (χ2v) is 8.24. The molecule has 1 aromatic rings. The third-order valence-electron chi connectivity index (χ3n) is 5.02. The zero-order valence-electron chi connectivity index (χ0n) is 15.4. The Kier molecular flexibility index (Phi) is 5.96. The van der Waals surface area contributed by atoms with E-state index in [1.165, 1.54) is 18.3 Å². The van der Waals surface area contributed by atoms with Gasteiger partial charge in [0.1, 0.15) is 5.00 Å². The highest BCUT2D eigenvalue weighted by molar-refractivity contribution is 7.17. The molecule has 0 aromatic carbocycles. The first-order valence-electron chi connectivity index (χ1n) is 9.39. The van der Waals surface area contributed by atoms with Crippen LogP contribution in [-0.4, -0.2) is 29.9 Å². The van der Waals surface area contributed by atoms with Gasteiger partial charge in [0.2, 0.25) is 5.91 Å². The fourth-order valence-electron chi connectivity index (χ4n) is 3.69. The van der Waals surface area contributed by atoms with E-state index in [9.17, 15) is 14.4 Å². The first-order valence-corrected chi connectivity index (χ1v) is 10.2. The van der Waals surface area contributed by atoms with Crippen molar-refractivity contribution in [2.75, 3.05) is 5.32 Å². The van der Waals surface area contributed by atoms with Crippen LogP contribution in [0.25, 0.3) is 0 Å². The summed E-state index contributed by atoms with van der Waals surface area (Å²) in [5.74, 6) is -0.998. The third-order valence-corrected chi connectivity index (χ3v) is 6.23. The molecular weight excluding hydrogens is 352 g/mol. The Balaban J connectivity index is 1.72. The number of esters is 1. The standard InChI is InChI=1S/C19H26N2O4S/c1-11(17(23)21-13-7-3-4-8-13)25-19(24)16-14-9-5-6-10-15(14)26-18(16)20-12(2)22/h11,13H,3-10H2,1-2H3,(H,20,22)(H,21,23)/t11-/m1/s1. The Morgan fingerprint density at radius 3 is 2.50 bits per heavy atom. The molecule has 6 nitrogen and oxygen atoms in total. The van der Waals surface area contributed by atoms with Crippen molar-refractivity contribution in [3.63, 3.8) is 0 Å². The van der Waals surface area contributed by atoms with Gasteiger partial charge in [-0.05, 0) is 51.0 Å². The topological polar surface area (TPSA) is 84.5 Å². The predicted octanol–water partition coefficient (Wildman–Crippen LogP) is 3.19. The lowest BCUT2D eigenvalue weighted by Gasteiger charge is -2.18. The molecular formula is C19H26N2O4S. The third kappa shape index (κ3) is 4.26. The van der Waals surface area contributed by atoms with Crippen molar-refractivity contribution in [2.45, 2.75) is 77.4 Å². The molecule has 1 fully saturated rings. The summed E-state index contributed by atoms with van der Waals surface area (Å²) >= 11 is 1.45. The van der Waals surface area contributed by atoms with Crippen molar-refractivity contribution in [1.29, 1.82) is 0 Å². The van der Waals surface area contributed by atoms with Gasteiger partial charge in [-0.3, -0.25) is 9.59 Å². The van der Waals surface area contributed by atoms with Crippen LogP contribution in [0.15, 0.2) is 0 Å². The minimum atomic E-state index is -0.854. The molecule has 0 saturated heterocycles. The van der Waals surface area contributed by atoms with E-state index in [1.807, 2.05) is 0 Å². The van der Waals surface area contributed by atoms with Gasteiger partial charge in [0.05, 0.1) is 5.56 Å². The van der Waals surface area contributed by atoms with Crippen LogP contribution in [0.4, 0.5) is 5.00 Å². The van der Waals surface area contributed by atoms with E-state index < -0.39 is 12.1 Å². The largest absolute Gasteiger partial charge is 0.449 e. The van der Waals surface area contributed by atoms with Gasteiger partial charge in [0, 0.05) is 17.8 Å². The molecule has 0 spiro atoms. The van der Waals surface area contributed by atoms with Gasteiger partial charge < -0.3 is 15.4 Å². The number of hydrogen-bond donors (Lipinski definition) is 2. The number of rotatable bonds is 5. The number of nitrogens with one attached hydrogen (secondary N) is 2. The Labute approximate surface area is 157 Å². The van der Waals surface area contributed by atoms with Crippen LogP contribution in [0.2, 0.25) is 0 Å². The second-order valence-electron chi connectivity index (χ2n) is 7.13. The van der Waals surface area contributed by atoms with Crippen LogP contribution in [0.3, 0.4) is 0 Å². The van der Waals surface area contributed by atoms with Crippen molar-refractivity contribution in [2.24, 2.45) is 0 Å². The van der Waals surface area contributed by atoms with Crippen molar-refractivity contribution >= 4 is 34.1 Å². The summed E-state index contributed by atoms with van der Waals surface area (Å²) in [5, 5.41) is 6.25. The number of thiophene rings is 1. The first kappa shape index (κ1) is 18.9. The predicted molar refractivity (Wildman–Crippen MR) is 101 cm³/mol.